The number of imidazole rings is 1. The summed E-state index contributed by atoms with van der Waals surface area (Å²) in [4.78, 5) is 31.8. The van der Waals surface area contributed by atoms with Gasteiger partial charge in [-0.1, -0.05) is 32.0 Å². The minimum Gasteiger partial charge on any atom is -0.327 e. The number of rotatable bonds is 5. The summed E-state index contributed by atoms with van der Waals surface area (Å²) in [5.74, 6) is 0.775. The van der Waals surface area contributed by atoms with Gasteiger partial charge < -0.3 is 20.1 Å². The van der Waals surface area contributed by atoms with Crippen LogP contribution in [0, 0.1) is 5.92 Å². The first-order chi connectivity index (χ1) is 15.0. The van der Waals surface area contributed by atoms with Crippen LogP contribution < -0.4 is 10.6 Å². The molecule has 0 radical (unpaired) electrons. The first-order valence-corrected chi connectivity index (χ1v) is 10.9. The van der Waals surface area contributed by atoms with Crippen molar-refractivity contribution in [3.05, 3.63) is 54.4 Å². The molecule has 1 aliphatic rings. The largest absolute Gasteiger partial charge is 0.327 e. The van der Waals surface area contributed by atoms with E-state index in [-0.39, 0.29) is 23.9 Å². The van der Waals surface area contributed by atoms with E-state index in [1.807, 2.05) is 55.1 Å². The second-order valence-electron chi connectivity index (χ2n) is 8.21. The molecule has 7 heteroatoms. The Morgan fingerprint density at radius 2 is 1.84 bits per heavy atom. The fraction of sp³-hybridized carbons (Fsp3) is 0.375. The Morgan fingerprint density at radius 1 is 1.10 bits per heavy atom. The minimum atomic E-state index is -0.149. The lowest BCUT2D eigenvalue weighted by atomic mass is 10.2. The summed E-state index contributed by atoms with van der Waals surface area (Å²) < 4.78 is 2.20. The van der Waals surface area contributed by atoms with Crippen LogP contribution >= 0.6 is 0 Å². The smallest absolute Gasteiger partial charge is 0.322 e. The van der Waals surface area contributed by atoms with Gasteiger partial charge in [0, 0.05) is 30.4 Å². The van der Waals surface area contributed by atoms with Crippen LogP contribution in [-0.4, -0.2) is 32.9 Å². The number of aromatic nitrogens is 2. The number of amides is 3. The Morgan fingerprint density at radius 3 is 2.58 bits per heavy atom. The Hall–Kier alpha value is -3.35. The molecule has 1 fully saturated rings. The van der Waals surface area contributed by atoms with Crippen molar-refractivity contribution in [1.29, 1.82) is 0 Å². The van der Waals surface area contributed by atoms with Gasteiger partial charge in [0.2, 0.25) is 5.91 Å². The summed E-state index contributed by atoms with van der Waals surface area (Å²) in [6, 6.07) is 15.1. The van der Waals surface area contributed by atoms with Gasteiger partial charge in [0.15, 0.2) is 0 Å². The maximum absolute atomic E-state index is 13.1. The van der Waals surface area contributed by atoms with E-state index in [9.17, 15) is 9.59 Å². The number of urea groups is 1. The van der Waals surface area contributed by atoms with Gasteiger partial charge in [-0.05, 0) is 50.1 Å². The Balaban J connectivity index is 1.54. The highest BCUT2D eigenvalue weighted by Crippen LogP contribution is 2.34. The summed E-state index contributed by atoms with van der Waals surface area (Å²) in [6.45, 7) is 7.29. The average Bonchev–Trinajstić information content (AvgIpc) is 3.38. The molecule has 1 aliphatic heterocycles. The number of nitrogens with zero attached hydrogens (tertiary/aromatic N) is 3. The number of likely N-dealkylation sites (tertiary alicyclic amines) is 1. The summed E-state index contributed by atoms with van der Waals surface area (Å²) in [5.41, 5.74) is 3.38. The molecule has 3 amide bonds. The zero-order chi connectivity index (χ0) is 22.0. The normalized spacial score (nSPS) is 16.1. The fourth-order valence-electron chi connectivity index (χ4n) is 4.12. The molecular weight excluding hydrogens is 390 g/mol. The highest BCUT2D eigenvalue weighted by Gasteiger charge is 2.33. The molecule has 162 valence electrons. The molecule has 0 saturated carbocycles. The number of fused-ring (bicyclic) bond motifs is 1. The number of benzene rings is 2. The number of anilines is 2. The van der Waals surface area contributed by atoms with E-state index in [1.54, 1.807) is 6.07 Å². The van der Waals surface area contributed by atoms with Crippen molar-refractivity contribution in [2.75, 3.05) is 17.2 Å². The van der Waals surface area contributed by atoms with Gasteiger partial charge in [0.1, 0.15) is 5.82 Å². The maximum atomic E-state index is 13.1. The lowest BCUT2D eigenvalue weighted by molar-refractivity contribution is -0.118. The monoisotopic (exact) mass is 419 g/mol. The molecule has 1 atom stereocenters. The second kappa shape index (κ2) is 8.79. The van der Waals surface area contributed by atoms with E-state index in [0.717, 1.165) is 36.2 Å². The zero-order valence-corrected chi connectivity index (χ0v) is 18.3. The van der Waals surface area contributed by atoms with E-state index in [4.69, 9.17) is 4.98 Å². The predicted octanol–water partition coefficient (Wildman–Crippen LogP) is 5.02. The highest BCUT2D eigenvalue weighted by molar-refractivity contribution is 5.94. The van der Waals surface area contributed by atoms with Crippen LogP contribution in [-0.2, 0) is 11.3 Å². The zero-order valence-electron chi connectivity index (χ0n) is 18.3. The van der Waals surface area contributed by atoms with E-state index in [0.29, 0.717) is 17.9 Å². The topological polar surface area (TPSA) is 79.3 Å². The third-order valence-electron chi connectivity index (χ3n) is 5.72. The number of hydrogen-bond donors (Lipinski definition) is 2. The van der Waals surface area contributed by atoms with Crippen molar-refractivity contribution in [1.82, 2.24) is 14.5 Å². The Bertz CT molecular complexity index is 1100. The van der Waals surface area contributed by atoms with Crippen LogP contribution in [0.15, 0.2) is 48.5 Å². The number of carbonyl (C=O) groups is 2. The lowest BCUT2D eigenvalue weighted by Gasteiger charge is -2.25. The molecule has 7 nitrogen and oxygen atoms in total. The van der Waals surface area contributed by atoms with Crippen molar-refractivity contribution in [2.24, 2.45) is 5.92 Å². The molecule has 2 N–H and O–H groups in total. The van der Waals surface area contributed by atoms with Crippen LogP contribution in [0.4, 0.5) is 16.2 Å². The number of carbonyl (C=O) groups excluding carboxylic acids is 2. The van der Waals surface area contributed by atoms with Crippen LogP contribution in [0.2, 0.25) is 0 Å². The van der Waals surface area contributed by atoms with Crippen LogP contribution in [0.1, 0.15) is 45.5 Å². The predicted molar refractivity (Wildman–Crippen MR) is 123 cm³/mol. The van der Waals surface area contributed by atoms with Gasteiger partial charge in [-0.3, -0.25) is 4.79 Å². The van der Waals surface area contributed by atoms with Crippen molar-refractivity contribution in [3.8, 4) is 0 Å². The van der Waals surface area contributed by atoms with E-state index < -0.39 is 0 Å². The van der Waals surface area contributed by atoms with Crippen molar-refractivity contribution >= 4 is 34.3 Å². The molecule has 1 unspecified atom stereocenters. The number of para-hydroxylation sites is 2. The van der Waals surface area contributed by atoms with E-state index >= 15 is 0 Å². The number of hydrogen-bond acceptors (Lipinski definition) is 3. The third-order valence-corrected chi connectivity index (χ3v) is 5.72. The molecule has 0 bridgehead atoms. The molecule has 0 aliphatic carbocycles. The van der Waals surface area contributed by atoms with Crippen molar-refractivity contribution < 1.29 is 9.59 Å². The third kappa shape index (κ3) is 4.26. The standard InChI is InChI=1S/C24H29N5O2/c1-4-28-20-12-6-5-11-19(20)27-22(28)21-13-8-14-29(21)24(31)26-18-10-7-9-17(15-18)25-23(30)16(2)3/h5-7,9-12,15-16,21H,4,8,13-14H2,1-3H3,(H,25,30)(H,26,31). The first-order valence-electron chi connectivity index (χ1n) is 10.9. The first kappa shape index (κ1) is 20.9. The maximum Gasteiger partial charge on any atom is 0.322 e. The van der Waals surface area contributed by atoms with Gasteiger partial charge >= 0.3 is 6.03 Å². The van der Waals surface area contributed by atoms with Gasteiger partial charge in [-0.25, -0.2) is 9.78 Å². The summed E-state index contributed by atoms with van der Waals surface area (Å²) >= 11 is 0. The SMILES string of the molecule is CCn1c(C2CCCN2C(=O)Nc2cccc(NC(=O)C(C)C)c2)nc2ccccc21. The van der Waals surface area contributed by atoms with Crippen LogP contribution in [0.3, 0.4) is 0 Å². The molecule has 31 heavy (non-hydrogen) atoms. The van der Waals surface area contributed by atoms with Crippen molar-refractivity contribution in [2.45, 2.75) is 46.2 Å². The second-order valence-corrected chi connectivity index (χ2v) is 8.21. The molecule has 2 aromatic carbocycles. The highest BCUT2D eigenvalue weighted by atomic mass is 16.2. The number of nitrogens with one attached hydrogen (secondary N) is 2. The lowest BCUT2D eigenvalue weighted by Crippen LogP contribution is -2.35. The number of aryl methyl sites for hydroxylation is 1. The average molecular weight is 420 g/mol. The molecule has 2 heterocycles. The minimum absolute atomic E-state index is 0.0541. The van der Waals surface area contributed by atoms with Gasteiger partial charge in [-0.2, -0.15) is 0 Å². The van der Waals surface area contributed by atoms with Gasteiger partial charge in [0.25, 0.3) is 0 Å². The van der Waals surface area contributed by atoms with E-state index in [2.05, 4.69) is 28.2 Å². The van der Waals surface area contributed by atoms with Crippen molar-refractivity contribution in [3.63, 3.8) is 0 Å². The Kier molecular flexibility index (Phi) is 5.93. The summed E-state index contributed by atoms with van der Waals surface area (Å²) in [7, 11) is 0. The molecule has 4 rings (SSSR count). The molecular formula is C24H29N5O2. The fourth-order valence-corrected chi connectivity index (χ4v) is 4.12. The molecule has 1 saturated heterocycles. The quantitative estimate of drug-likeness (QED) is 0.609. The van der Waals surface area contributed by atoms with Crippen LogP contribution in [0.5, 0.6) is 0 Å². The van der Waals surface area contributed by atoms with Crippen LogP contribution in [0.25, 0.3) is 11.0 Å². The summed E-state index contributed by atoms with van der Waals surface area (Å²) in [6.07, 6.45) is 1.83. The van der Waals surface area contributed by atoms with Gasteiger partial charge in [0.05, 0.1) is 17.1 Å². The van der Waals surface area contributed by atoms with Gasteiger partial charge in [-0.15, -0.1) is 0 Å². The summed E-state index contributed by atoms with van der Waals surface area (Å²) in [5, 5.41) is 5.87. The Labute approximate surface area is 182 Å². The molecule has 3 aromatic rings. The van der Waals surface area contributed by atoms with E-state index in [1.165, 1.54) is 0 Å². The molecule has 0 spiro atoms. The molecule has 1 aromatic heterocycles.